The van der Waals surface area contributed by atoms with E-state index in [1.54, 1.807) is 0 Å². The molecule has 0 aromatic heterocycles. The molecule has 12 heteroatoms. The Labute approximate surface area is 155 Å². The Bertz CT molecular complexity index is 587. The zero-order chi connectivity index (χ0) is 19.8. The van der Waals surface area contributed by atoms with Crippen molar-refractivity contribution in [3.05, 3.63) is 34.9 Å². The van der Waals surface area contributed by atoms with Crippen molar-refractivity contribution in [3.63, 3.8) is 0 Å². The van der Waals surface area contributed by atoms with Crippen LogP contribution in [-0.2, 0) is 12.4 Å². The Morgan fingerprint density at radius 1 is 0.815 bits per heavy atom. The predicted molar refractivity (Wildman–Crippen MR) is 81.5 cm³/mol. The molecule has 27 heavy (non-hydrogen) atoms. The van der Waals surface area contributed by atoms with E-state index in [0.717, 1.165) is 0 Å². The number of rotatable bonds is 3. The smallest absolute Gasteiger partial charge is 0.314 e. The molecule has 1 atom stereocenters. The van der Waals surface area contributed by atoms with Crippen molar-refractivity contribution in [2.24, 2.45) is 0 Å². The highest BCUT2D eigenvalue weighted by molar-refractivity contribution is 5.85. The zero-order valence-corrected chi connectivity index (χ0v) is 14.4. The first-order valence-corrected chi connectivity index (χ1v) is 7.58. The summed E-state index contributed by atoms with van der Waals surface area (Å²) >= 11 is 0. The quantitative estimate of drug-likeness (QED) is 0.676. The van der Waals surface area contributed by atoms with E-state index in [0.29, 0.717) is 25.2 Å². The van der Waals surface area contributed by atoms with Crippen LogP contribution in [0.5, 0.6) is 0 Å². The van der Waals surface area contributed by atoms with E-state index in [2.05, 4.69) is 5.32 Å². The van der Waals surface area contributed by atoms with E-state index >= 15 is 0 Å². The van der Waals surface area contributed by atoms with E-state index in [-0.39, 0.29) is 31.6 Å². The van der Waals surface area contributed by atoms with E-state index in [4.69, 9.17) is 0 Å². The molecule has 1 saturated heterocycles. The summed E-state index contributed by atoms with van der Waals surface area (Å²) in [6.07, 6.45) is -16.5. The predicted octanol–water partition coefficient (Wildman–Crippen LogP) is 5.04. The molecular formula is C15H16ClF9N2. The first-order chi connectivity index (χ1) is 11.8. The largest absolute Gasteiger partial charge is 0.416 e. The van der Waals surface area contributed by atoms with Crippen molar-refractivity contribution >= 4 is 12.4 Å². The highest BCUT2D eigenvalue weighted by atomic mass is 35.5. The molecule has 2 nitrogen and oxygen atoms in total. The number of benzene rings is 1. The number of halogens is 10. The van der Waals surface area contributed by atoms with Gasteiger partial charge in [-0.05, 0) is 23.8 Å². The maximum Gasteiger partial charge on any atom is 0.416 e. The fourth-order valence-electron chi connectivity index (χ4n) is 2.84. The number of nitrogens with zero attached hydrogens (tertiary/aromatic N) is 1. The Hall–Kier alpha value is -1.20. The van der Waals surface area contributed by atoms with Gasteiger partial charge in [-0.2, -0.15) is 39.5 Å². The topological polar surface area (TPSA) is 15.3 Å². The third-order valence-corrected chi connectivity index (χ3v) is 4.01. The van der Waals surface area contributed by atoms with Gasteiger partial charge in [0.15, 0.2) is 0 Å². The van der Waals surface area contributed by atoms with E-state index in [1.165, 1.54) is 4.90 Å². The van der Waals surface area contributed by atoms with Gasteiger partial charge in [0.2, 0.25) is 0 Å². The molecule has 1 fully saturated rings. The molecule has 0 bridgehead atoms. The van der Waals surface area contributed by atoms with Gasteiger partial charge in [-0.3, -0.25) is 4.90 Å². The second kappa shape index (κ2) is 8.44. The van der Waals surface area contributed by atoms with Gasteiger partial charge in [0.25, 0.3) is 0 Å². The molecule has 0 aliphatic carbocycles. The SMILES string of the molecule is Cl.FC(F)(F)C[C@@H](c1cc(C(F)(F)F)cc(C(F)(F)F)c1)N1CCNCC1. The Morgan fingerprint density at radius 3 is 1.63 bits per heavy atom. The second-order valence-electron chi connectivity index (χ2n) is 5.96. The third-order valence-electron chi connectivity index (χ3n) is 4.01. The first kappa shape index (κ1) is 23.8. The number of piperazine rings is 1. The lowest BCUT2D eigenvalue weighted by Crippen LogP contribution is -2.46. The zero-order valence-electron chi connectivity index (χ0n) is 13.6. The first-order valence-electron chi connectivity index (χ1n) is 7.58. The number of nitrogens with one attached hydrogen (secondary N) is 1. The minimum Gasteiger partial charge on any atom is -0.314 e. The average molecular weight is 431 g/mol. The summed E-state index contributed by atoms with van der Waals surface area (Å²) in [5.41, 5.74) is -3.89. The van der Waals surface area contributed by atoms with Crippen LogP contribution >= 0.6 is 12.4 Å². The molecule has 1 aliphatic rings. The molecule has 0 saturated carbocycles. The van der Waals surface area contributed by atoms with Gasteiger partial charge in [-0.25, -0.2) is 0 Å². The highest BCUT2D eigenvalue weighted by Gasteiger charge is 2.40. The molecule has 1 N–H and O–H groups in total. The molecule has 0 amide bonds. The van der Waals surface area contributed by atoms with Crippen LogP contribution in [0, 0.1) is 0 Å². The van der Waals surface area contributed by atoms with Crippen molar-refractivity contribution in [2.45, 2.75) is 31.0 Å². The average Bonchev–Trinajstić information content (AvgIpc) is 2.50. The summed E-state index contributed by atoms with van der Waals surface area (Å²) in [5, 5.41) is 2.87. The number of hydrogen-bond donors (Lipinski definition) is 1. The van der Waals surface area contributed by atoms with Gasteiger partial charge >= 0.3 is 18.5 Å². The van der Waals surface area contributed by atoms with E-state index in [1.807, 2.05) is 0 Å². The summed E-state index contributed by atoms with van der Waals surface area (Å²) in [6.45, 7) is 0.746. The summed E-state index contributed by atoms with van der Waals surface area (Å²) in [6, 6.07) is -0.978. The summed E-state index contributed by atoms with van der Waals surface area (Å²) < 4.78 is 117. The molecule has 0 radical (unpaired) electrons. The molecular weight excluding hydrogens is 415 g/mol. The van der Waals surface area contributed by atoms with E-state index < -0.39 is 47.7 Å². The van der Waals surface area contributed by atoms with Crippen molar-refractivity contribution in [1.29, 1.82) is 0 Å². The lowest BCUT2D eigenvalue weighted by Gasteiger charge is -2.36. The highest BCUT2D eigenvalue weighted by Crippen LogP contribution is 2.41. The van der Waals surface area contributed by atoms with Crippen LogP contribution in [0.3, 0.4) is 0 Å². The van der Waals surface area contributed by atoms with Gasteiger partial charge in [0, 0.05) is 32.2 Å². The molecule has 0 unspecified atom stereocenters. The Balaban J connectivity index is 0.00000364. The van der Waals surface area contributed by atoms with Crippen LogP contribution in [0.25, 0.3) is 0 Å². The van der Waals surface area contributed by atoms with Crippen LogP contribution in [0.2, 0.25) is 0 Å². The summed E-state index contributed by atoms with van der Waals surface area (Å²) in [7, 11) is 0. The molecule has 1 heterocycles. The fourth-order valence-corrected chi connectivity index (χ4v) is 2.84. The van der Waals surface area contributed by atoms with Crippen LogP contribution in [0.15, 0.2) is 18.2 Å². The molecule has 2 rings (SSSR count). The summed E-state index contributed by atoms with van der Waals surface area (Å²) in [5.74, 6) is 0. The van der Waals surface area contributed by atoms with Crippen LogP contribution in [0.4, 0.5) is 39.5 Å². The standard InChI is InChI=1S/C15H15F9N2.ClH/c16-13(17,18)8-12(26-3-1-25-2-4-26)9-5-10(14(19,20)21)7-11(6-9)15(22,23)24;/h5-7,12,25H,1-4,8H2;1H/t12-;/m0./s1. The van der Waals surface area contributed by atoms with Crippen molar-refractivity contribution in [1.82, 2.24) is 10.2 Å². The van der Waals surface area contributed by atoms with Gasteiger partial charge in [-0.1, -0.05) is 0 Å². The van der Waals surface area contributed by atoms with Crippen molar-refractivity contribution in [2.75, 3.05) is 26.2 Å². The lowest BCUT2D eigenvalue weighted by molar-refractivity contribution is -0.149. The Morgan fingerprint density at radius 2 is 1.26 bits per heavy atom. The third kappa shape index (κ3) is 6.72. The fraction of sp³-hybridized carbons (Fsp3) is 0.600. The van der Waals surface area contributed by atoms with Crippen LogP contribution in [-0.4, -0.2) is 37.3 Å². The van der Waals surface area contributed by atoms with Crippen molar-refractivity contribution < 1.29 is 39.5 Å². The van der Waals surface area contributed by atoms with Gasteiger partial charge < -0.3 is 5.32 Å². The lowest BCUT2D eigenvalue weighted by atomic mass is 9.95. The van der Waals surface area contributed by atoms with Gasteiger partial charge in [0.1, 0.15) is 0 Å². The number of hydrogen-bond acceptors (Lipinski definition) is 2. The molecule has 1 aliphatic heterocycles. The normalized spacial score (nSPS) is 18.1. The minimum atomic E-state index is -5.11. The van der Waals surface area contributed by atoms with Crippen molar-refractivity contribution in [3.8, 4) is 0 Å². The number of alkyl halides is 9. The molecule has 1 aromatic carbocycles. The Kier molecular flexibility index (Phi) is 7.45. The van der Waals surface area contributed by atoms with Crippen LogP contribution in [0.1, 0.15) is 29.2 Å². The maximum atomic E-state index is 13.0. The summed E-state index contributed by atoms with van der Waals surface area (Å²) in [4.78, 5) is 1.25. The second-order valence-corrected chi connectivity index (χ2v) is 5.96. The van der Waals surface area contributed by atoms with Gasteiger partial charge in [0.05, 0.1) is 17.5 Å². The van der Waals surface area contributed by atoms with Crippen LogP contribution < -0.4 is 5.32 Å². The monoisotopic (exact) mass is 430 g/mol. The minimum absolute atomic E-state index is 0. The molecule has 1 aromatic rings. The van der Waals surface area contributed by atoms with E-state index in [9.17, 15) is 39.5 Å². The molecule has 0 spiro atoms. The maximum absolute atomic E-state index is 13.0. The molecule has 156 valence electrons. The van der Waals surface area contributed by atoms with Gasteiger partial charge in [-0.15, -0.1) is 12.4 Å².